The van der Waals surface area contributed by atoms with Gasteiger partial charge in [-0.3, -0.25) is 4.79 Å². The standard InChI is InChI=1S/C25H25Cl2N3O5S/c1-3-35-24-12-18(6-11-23(24)31)14-28-29-25(32)16-30(15-19-7-8-20(26)13-22(19)27)36(33,34)21-9-4-17(2)5-10-21/h4-14,31H,3,15-16H2,1-2H3,(H,29,32)/b28-14-. The maximum atomic E-state index is 13.4. The number of benzene rings is 3. The Morgan fingerprint density at radius 1 is 1.11 bits per heavy atom. The van der Waals surface area contributed by atoms with E-state index in [-0.39, 0.29) is 28.0 Å². The van der Waals surface area contributed by atoms with E-state index in [1.807, 2.05) is 6.92 Å². The molecule has 2 N–H and O–H groups in total. The van der Waals surface area contributed by atoms with Gasteiger partial charge in [-0.2, -0.15) is 9.41 Å². The number of nitrogens with one attached hydrogen (secondary N) is 1. The second kappa shape index (κ2) is 12.2. The van der Waals surface area contributed by atoms with Crippen LogP contribution in [0.5, 0.6) is 11.5 Å². The van der Waals surface area contributed by atoms with E-state index >= 15 is 0 Å². The zero-order chi connectivity index (χ0) is 26.3. The van der Waals surface area contributed by atoms with Crippen molar-refractivity contribution in [3.05, 3.63) is 87.4 Å². The third-order valence-electron chi connectivity index (χ3n) is 5.03. The van der Waals surface area contributed by atoms with E-state index < -0.39 is 22.5 Å². The highest BCUT2D eigenvalue weighted by Gasteiger charge is 2.27. The van der Waals surface area contributed by atoms with E-state index in [0.717, 1.165) is 9.87 Å². The zero-order valence-electron chi connectivity index (χ0n) is 19.6. The van der Waals surface area contributed by atoms with Crippen LogP contribution in [0.15, 0.2) is 70.7 Å². The van der Waals surface area contributed by atoms with Crippen LogP contribution in [-0.2, 0) is 21.4 Å². The second-order valence-electron chi connectivity index (χ2n) is 7.78. The number of sulfonamides is 1. The Morgan fingerprint density at radius 3 is 2.50 bits per heavy atom. The molecule has 0 atom stereocenters. The lowest BCUT2D eigenvalue weighted by atomic mass is 10.2. The number of phenols is 1. The Balaban J connectivity index is 1.80. The number of aryl methyl sites for hydroxylation is 1. The molecule has 8 nitrogen and oxygen atoms in total. The molecule has 0 aliphatic rings. The first-order chi connectivity index (χ1) is 17.1. The molecule has 1 amide bonds. The summed E-state index contributed by atoms with van der Waals surface area (Å²) in [7, 11) is -4.05. The number of nitrogens with zero attached hydrogens (tertiary/aromatic N) is 2. The number of hydrazone groups is 1. The van der Waals surface area contributed by atoms with Crippen molar-refractivity contribution in [1.82, 2.24) is 9.73 Å². The molecule has 3 aromatic carbocycles. The van der Waals surface area contributed by atoms with Crippen molar-refractivity contribution in [2.75, 3.05) is 13.2 Å². The molecule has 0 radical (unpaired) electrons. The molecular weight excluding hydrogens is 525 g/mol. The van der Waals surface area contributed by atoms with Crippen LogP contribution in [-0.4, -0.2) is 43.1 Å². The molecule has 0 fully saturated rings. The molecule has 0 heterocycles. The number of phenolic OH excluding ortho intramolecular Hbond substituents is 1. The lowest BCUT2D eigenvalue weighted by Crippen LogP contribution is -2.39. The average Bonchev–Trinajstić information content (AvgIpc) is 2.82. The SMILES string of the molecule is CCOc1cc(/C=N\NC(=O)CN(Cc2ccc(Cl)cc2Cl)S(=O)(=O)c2ccc(C)cc2)ccc1O. The summed E-state index contributed by atoms with van der Waals surface area (Å²) < 4.78 is 33.1. The topological polar surface area (TPSA) is 108 Å². The number of hydrogen-bond donors (Lipinski definition) is 2. The van der Waals surface area contributed by atoms with Crippen molar-refractivity contribution in [1.29, 1.82) is 0 Å². The average molecular weight is 550 g/mol. The van der Waals surface area contributed by atoms with E-state index in [0.29, 0.717) is 22.8 Å². The minimum atomic E-state index is -4.05. The highest BCUT2D eigenvalue weighted by Crippen LogP contribution is 2.27. The molecule has 0 bridgehead atoms. The lowest BCUT2D eigenvalue weighted by molar-refractivity contribution is -0.121. The molecule has 0 aromatic heterocycles. The van der Waals surface area contributed by atoms with Gasteiger partial charge >= 0.3 is 0 Å². The number of ether oxygens (including phenoxy) is 1. The molecule has 0 saturated carbocycles. The first-order valence-corrected chi connectivity index (χ1v) is 13.1. The van der Waals surface area contributed by atoms with Gasteiger partial charge in [0, 0.05) is 16.6 Å². The molecule has 0 spiro atoms. The molecule has 0 aliphatic carbocycles. The number of carbonyl (C=O) groups excluding carboxylic acids is 1. The smallest absolute Gasteiger partial charge is 0.255 e. The van der Waals surface area contributed by atoms with Crippen molar-refractivity contribution in [2.45, 2.75) is 25.3 Å². The van der Waals surface area contributed by atoms with Gasteiger partial charge in [0.2, 0.25) is 10.0 Å². The quantitative estimate of drug-likeness (QED) is 0.280. The number of aromatic hydroxyl groups is 1. The summed E-state index contributed by atoms with van der Waals surface area (Å²) in [5.74, 6) is -0.394. The summed E-state index contributed by atoms with van der Waals surface area (Å²) in [6, 6.07) is 15.6. The van der Waals surface area contributed by atoms with Gasteiger partial charge in [0.15, 0.2) is 11.5 Å². The van der Waals surface area contributed by atoms with Crippen LogP contribution < -0.4 is 10.2 Å². The van der Waals surface area contributed by atoms with Gasteiger partial charge in [0.25, 0.3) is 5.91 Å². The van der Waals surface area contributed by atoms with Gasteiger partial charge in [0.1, 0.15) is 0 Å². The summed E-state index contributed by atoms with van der Waals surface area (Å²) in [6.07, 6.45) is 1.36. The summed E-state index contributed by atoms with van der Waals surface area (Å²) >= 11 is 12.2. The van der Waals surface area contributed by atoms with Crippen molar-refractivity contribution in [2.24, 2.45) is 5.10 Å². The highest BCUT2D eigenvalue weighted by atomic mass is 35.5. The Bertz CT molecular complexity index is 1360. The largest absolute Gasteiger partial charge is 0.504 e. The van der Waals surface area contributed by atoms with Gasteiger partial charge in [-0.05, 0) is 67.4 Å². The molecular formula is C25H25Cl2N3O5S. The fourth-order valence-corrected chi connectivity index (χ4v) is 5.02. The van der Waals surface area contributed by atoms with E-state index in [9.17, 15) is 18.3 Å². The van der Waals surface area contributed by atoms with E-state index in [2.05, 4.69) is 10.5 Å². The van der Waals surface area contributed by atoms with Crippen molar-refractivity contribution in [3.8, 4) is 11.5 Å². The normalized spacial score (nSPS) is 11.7. The number of carbonyl (C=O) groups is 1. The molecule has 0 unspecified atom stereocenters. The van der Waals surface area contributed by atoms with Crippen LogP contribution >= 0.6 is 23.2 Å². The van der Waals surface area contributed by atoms with Crippen molar-refractivity contribution in [3.63, 3.8) is 0 Å². The third-order valence-corrected chi connectivity index (χ3v) is 7.42. The minimum Gasteiger partial charge on any atom is -0.504 e. The molecule has 0 saturated heterocycles. The number of halogens is 2. The summed E-state index contributed by atoms with van der Waals surface area (Å²) in [4.78, 5) is 12.7. The van der Waals surface area contributed by atoms with Gasteiger partial charge in [-0.25, -0.2) is 13.8 Å². The molecule has 0 aliphatic heterocycles. The fraction of sp³-hybridized carbons (Fsp3) is 0.200. The van der Waals surface area contributed by atoms with Gasteiger partial charge in [-0.1, -0.05) is 47.0 Å². The third kappa shape index (κ3) is 7.20. The molecule has 3 aromatic rings. The summed E-state index contributed by atoms with van der Waals surface area (Å²) in [5.41, 5.74) is 4.29. The Kier molecular flexibility index (Phi) is 9.33. The van der Waals surface area contributed by atoms with Crippen molar-refractivity contribution >= 4 is 45.3 Å². The number of hydrogen-bond acceptors (Lipinski definition) is 6. The molecule has 3 rings (SSSR count). The Morgan fingerprint density at radius 2 is 1.83 bits per heavy atom. The van der Waals surface area contributed by atoms with Crippen LogP contribution in [0.1, 0.15) is 23.6 Å². The van der Waals surface area contributed by atoms with Crippen molar-refractivity contribution < 1.29 is 23.1 Å². The maximum Gasteiger partial charge on any atom is 0.255 e. The Hall–Kier alpha value is -3.11. The number of rotatable bonds is 10. The molecule has 36 heavy (non-hydrogen) atoms. The molecule has 11 heteroatoms. The van der Waals surface area contributed by atoms with Crippen LogP contribution in [0.25, 0.3) is 0 Å². The molecule has 190 valence electrons. The summed E-state index contributed by atoms with van der Waals surface area (Å²) in [5, 5.41) is 14.4. The van der Waals surface area contributed by atoms with E-state index in [1.54, 1.807) is 43.3 Å². The predicted molar refractivity (Wildman–Crippen MR) is 140 cm³/mol. The minimum absolute atomic E-state index is 0.0177. The first-order valence-electron chi connectivity index (χ1n) is 10.9. The monoisotopic (exact) mass is 549 g/mol. The zero-order valence-corrected chi connectivity index (χ0v) is 21.9. The summed E-state index contributed by atoms with van der Waals surface area (Å²) in [6.45, 7) is 3.34. The van der Waals surface area contributed by atoms with Crippen LogP contribution in [0.4, 0.5) is 0 Å². The predicted octanol–water partition coefficient (Wildman–Crippen LogP) is 4.75. The first kappa shape index (κ1) is 27.5. The maximum absolute atomic E-state index is 13.4. The van der Waals surface area contributed by atoms with Crippen LogP contribution in [0, 0.1) is 6.92 Å². The number of amides is 1. The van der Waals surface area contributed by atoms with E-state index in [4.69, 9.17) is 27.9 Å². The van der Waals surface area contributed by atoms with Crippen LogP contribution in [0.3, 0.4) is 0 Å². The highest BCUT2D eigenvalue weighted by molar-refractivity contribution is 7.89. The van der Waals surface area contributed by atoms with Crippen LogP contribution in [0.2, 0.25) is 10.0 Å². The van der Waals surface area contributed by atoms with E-state index in [1.165, 1.54) is 30.5 Å². The second-order valence-corrected chi connectivity index (χ2v) is 10.6. The van der Waals surface area contributed by atoms with Gasteiger partial charge < -0.3 is 9.84 Å². The fourth-order valence-electron chi connectivity index (χ4n) is 3.18. The van der Waals surface area contributed by atoms with Gasteiger partial charge in [-0.15, -0.1) is 0 Å². The van der Waals surface area contributed by atoms with Gasteiger partial charge in [0.05, 0.1) is 24.3 Å². The Labute approximate surface area is 220 Å². The lowest BCUT2D eigenvalue weighted by Gasteiger charge is -2.22.